The van der Waals surface area contributed by atoms with Gasteiger partial charge in [-0.15, -0.1) is 0 Å². The number of para-hydroxylation sites is 2. The normalized spacial score (nSPS) is 20.5. The fourth-order valence-corrected chi connectivity index (χ4v) is 8.88. The van der Waals surface area contributed by atoms with E-state index in [1.165, 1.54) is 77.3 Å². The van der Waals surface area contributed by atoms with Crippen molar-refractivity contribution < 1.29 is 0 Å². The largest absolute Gasteiger partial charge is 0.313 e. The summed E-state index contributed by atoms with van der Waals surface area (Å²) in [5, 5.41) is 5.25. The fraction of sp³-hybridized carbons (Fsp3) is 0.167. The van der Waals surface area contributed by atoms with Crippen molar-refractivity contribution in [3.8, 4) is 11.1 Å². The first-order valence-electron chi connectivity index (χ1n) is 18.4. The van der Waals surface area contributed by atoms with Gasteiger partial charge in [-0.2, -0.15) is 0 Å². The Hall–Kier alpha value is -5.60. The zero-order valence-corrected chi connectivity index (χ0v) is 28.3. The topological polar surface area (TPSA) is 9.86 Å². The van der Waals surface area contributed by atoms with Crippen LogP contribution < -0.4 is 0 Å². The Morgan fingerprint density at radius 2 is 1.18 bits per heavy atom. The summed E-state index contributed by atoms with van der Waals surface area (Å²) in [6.45, 7) is 0. The van der Waals surface area contributed by atoms with Crippen molar-refractivity contribution in [2.75, 3.05) is 0 Å². The highest BCUT2D eigenvalue weighted by Gasteiger charge is 2.22. The van der Waals surface area contributed by atoms with E-state index in [1.807, 2.05) is 0 Å². The standard InChI is InChI=1S/C48H40N2/c1-3-13-33(14-4-1)34-15-11-16-35(29-34)36-17-12-20-40(30-36)50-46-24-10-8-22-42(46)44-32-38(26-28-48(44)50)37-25-27-47-43(31-37)41-21-7-9-23-45(41)49(47)39-18-5-2-6-19-39/h1-5,7-11,13,16-18,21-34H,6,12,14-15,19-20H2. The van der Waals surface area contributed by atoms with Crippen molar-refractivity contribution >= 4 is 55.0 Å². The van der Waals surface area contributed by atoms with Crippen LogP contribution in [0.1, 0.15) is 38.5 Å². The van der Waals surface area contributed by atoms with Gasteiger partial charge in [0.1, 0.15) is 0 Å². The molecule has 50 heavy (non-hydrogen) atoms. The van der Waals surface area contributed by atoms with Crippen LogP contribution in [0.4, 0.5) is 0 Å². The average molecular weight is 645 g/mol. The van der Waals surface area contributed by atoms with E-state index in [0.717, 1.165) is 38.5 Å². The van der Waals surface area contributed by atoms with Gasteiger partial charge in [-0.05, 0) is 121 Å². The van der Waals surface area contributed by atoms with Gasteiger partial charge in [-0.3, -0.25) is 0 Å². The number of hydrogen-bond acceptors (Lipinski definition) is 0. The summed E-state index contributed by atoms with van der Waals surface area (Å²) >= 11 is 0. The maximum absolute atomic E-state index is 2.54. The van der Waals surface area contributed by atoms with Gasteiger partial charge < -0.3 is 9.13 Å². The molecule has 0 bridgehead atoms. The van der Waals surface area contributed by atoms with E-state index in [2.05, 4.69) is 167 Å². The molecule has 2 aromatic heterocycles. The Balaban J connectivity index is 1.06. The predicted octanol–water partition coefficient (Wildman–Crippen LogP) is 13.0. The Morgan fingerprint density at radius 3 is 1.86 bits per heavy atom. The van der Waals surface area contributed by atoms with Gasteiger partial charge in [0.15, 0.2) is 0 Å². The average Bonchev–Trinajstić information content (AvgIpc) is 3.71. The van der Waals surface area contributed by atoms with Gasteiger partial charge in [-0.25, -0.2) is 0 Å². The van der Waals surface area contributed by atoms with Crippen molar-refractivity contribution in [1.29, 1.82) is 0 Å². The van der Waals surface area contributed by atoms with Gasteiger partial charge in [0, 0.05) is 32.9 Å². The Morgan fingerprint density at radius 1 is 0.520 bits per heavy atom. The number of aromatic nitrogens is 2. The van der Waals surface area contributed by atoms with Gasteiger partial charge in [0.25, 0.3) is 0 Å². The lowest BCUT2D eigenvalue weighted by molar-refractivity contribution is 0.476. The maximum Gasteiger partial charge on any atom is 0.0538 e. The first-order chi connectivity index (χ1) is 24.8. The molecular formula is C48H40N2. The zero-order chi connectivity index (χ0) is 33.0. The Kier molecular flexibility index (Phi) is 7.08. The van der Waals surface area contributed by atoms with Crippen molar-refractivity contribution in [2.24, 2.45) is 11.8 Å². The minimum absolute atomic E-state index is 0.555. The van der Waals surface area contributed by atoms with Crippen molar-refractivity contribution in [2.45, 2.75) is 38.5 Å². The van der Waals surface area contributed by atoms with Crippen LogP contribution in [0.25, 0.3) is 66.1 Å². The SMILES string of the molecule is C1=CCCC(n2c3ccccc3c3cc(-c4ccc5c(c4)c4ccccc4n5C4=CC(C5=CC(C6C=CC=CC6)CC=C5)=CCC4)ccc32)=C1. The Labute approximate surface area is 293 Å². The van der Waals surface area contributed by atoms with Gasteiger partial charge in [-0.1, -0.05) is 109 Å². The van der Waals surface area contributed by atoms with Crippen molar-refractivity contribution in [3.05, 3.63) is 169 Å². The second-order valence-corrected chi connectivity index (χ2v) is 14.3. The first kappa shape index (κ1) is 29.3. The molecule has 2 heteroatoms. The zero-order valence-electron chi connectivity index (χ0n) is 28.3. The molecule has 2 heterocycles. The molecule has 0 fully saturated rings. The number of fused-ring (bicyclic) bond motifs is 6. The summed E-state index contributed by atoms with van der Waals surface area (Å²) in [4.78, 5) is 0. The molecule has 4 aliphatic carbocycles. The van der Waals surface area contributed by atoms with Crippen LogP contribution in [0, 0.1) is 11.8 Å². The summed E-state index contributed by atoms with van der Waals surface area (Å²) < 4.78 is 5.00. The van der Waals surface area contributed by atoms with Crippen LogP contribution in [0.5, 0.6) is 0 Å². The molecule has 6 aromatic rings. The second-order valence-electron chi connectivity index (χ2n) is 14.3. The lowest BCUT2D eigenvalue weighted by atomic mass is 9.80. The molecule has 0 N–H and O–H groups in total. The molecule has 242 valence electrons. The van der Waals surface area contributed by atoms with E-state index in [1.54, 1.807) is 0 Å². The van der Waals surface area contributed by atoms with E-state index in [0.29, 0.717) is 11.8 Å². The molecule has 0 saturated heterocycles. The summed E-state index contributed by atoms with van der Waals surface area (Å²) in [6.07, 6.45) is 34.5. The number of allylic oxidation sites excluding steroid dienone is 16. The molecule has 0 saturated carbocycles. The van der Waals surface area contributed by atoms with Gasteiger partial charge >= 0.3 is 0 Å². The van der Waals surface area contributed by atoms with Crippen LogP contribution in [0.2, 0.25) is 0 Å². The fourth-order valence-electron chi connectivity index (χ4n) is 8.88. The minimum Gasteiger partial charge on any atom is -0.313 e. The van der Waals surface area contributed by atoms with Crippen LogP contribution in [-0.2, 0) is 0 Å². The molecule has 0 spiro atoms. The van der Waals surface area contributed by atoms with Crippen LogP contribution in [0.3, 0.4) is 0 Å². The van der Waals surface area contributed by atoms with Gasteiger partial charge in [0.05, 0.1) is 22.1 Å². The lowest BCUT2D eigenvalue weighted by Crippen LogP contribution is -2.13. The quantitative estimate of drug-likeness (QED) is 0.177. The monoisotopic (exact) mass is 644 g/mol. The summed E-state index contributed by atoms with van der Waals surface area (Å²) in [6, 6.07) is 32.0. The molecular weight excluding hydrogens is 605 g/mol. The molecule has 2 unspecified atom stereocenters. The number of nitrogens with zero attached hydrogens (tertiary/aromatic N) is 2. The van der Waals surface area contributed by atoms with E-state index in [-0.39, 0.29) is 0 Å². The van der Waals surface area contributed by atoms with Crippen molar-refractivity contribution in [3.63, 3.8) is 0 Å². The maximum atomic E-state index is 2.54. The molecule has 0 radical (unpaired) electrons. The third-order valence-electron chi connectivity index (χ3n) is 11.3. The van der Waals surface area contributed by atoms with E-state index >= 15 is 0 Å². The van der Waals surface area contributed by atoms with E-state index in [4.69, 9.17) is 0 Å². The highest BCUT2D eigenvalue weighted by atomic mass is 15.0. The third-order valence-corrected chi connectivity index (χ3v) is 11.3. The molecule has 4 aromatic carbocycles. The Bertz CT molecular complexity index is 2600. The molecule has 0 aliphatic heterocycles. The highest BCUT2D eigenvalue weighted by molar-refractivity contribution is 6.13. The first-order valence-corrected chi connectivity index (χ1v) is 18.4. The molecule has 10 rings (SSSR count). The third kappa shape index (κ3) is 4.85. The van der Waals surface area contributed by atoms with Crippen molar-refractivity contribution in [1.82, 2.24) is 9.13 Å². The van der Waals surface area contributed by atoms with E-state index in [9.17, 15) is 0 Å². The summed E-state index contributed by atoms with van der Waals surface area (Å²) in [5.74, 6) is 1.14. The number of rotatable bonds is 5. The molecule has 2 atom stereocenters. The number of hydrogen-bond donors (Lipinski definition) is 0. The molecule has 4 aliphatic rings. The molecule has 0 amide bonds. The predicted molar refractivity (Wildman–Crippen MR) is 214 cm³/mol. The summed E-state index contributed by atoms with van der Waals surface area (Å²) in [5.41, 5.74) is 13.1. The van der Waals surface area contributed by atoms with Crippen LogP contribution in [0.15, 0.2) is 169 Å². The second kappa shape index (κ2) is 12.1. The lowest BCUT2D eigenvalue weighted by Gasteiger charge is -2.26. The molecule has 2 nitrogen and oxygen atoms in total. The van der Waals surface area contributed by atoms with Crippen LogP contribution in [-0.4, -0.2) is 9.13 Å². The van der Waals surface area contributed by atoms with Crippen LogP contribution >= 0.6 is 0 Å². The summed E-state index contributed by atoms with van der Waals surface area (Å²) in [7, 11) is 0. The minimum atomic E-state index is 0.555. The smallest absolute Gasteiger partial charge is 0.0538 e. The van der Waals surface area contributed by atoms with E-state index < -0.39 is 0 Å². The highest BCUT2D eigenvalue weighted by Crippen LogP contribution is 2.41. The van der Waals surface area contributed by atoms with Gasteiger partial charge in [0.2, 0.25) is 0 Å². The number of benzene rings is 4.